The van der Waals surface area contributed by atoms with Crippen LogP contribution >= 0.6 is 0 Å². The van der Waals surface area contributed by atoms with Crippen molar-refractivity contribution in [3.63, 3.8) is 0 Å². The molecule has 2 heterocycles. The maximum absolute atomic E-state index is 13.6. The van der Waals surface area contributed by atoms with E-state index in [2.05, 4.69) is 0 Å². The first-order valence-corrected chi connectivity index (χ1v) is 10.4. The molecule has 0 saturated carbocycles. The topological polar surface area (TPSA) is 70.8 Å². The second kappa shape index (κ2) is 7.54. The lowest BCUT2D eigenvalue weighted by Gasteiger charge is -2.28. The molecule has 1 unspecified atom stereocenters. The Morgan fingerprint density at radius 1 is 0.938 bits per heavy atom. The molecule has 0 radical (unpaired) electrons. The third-order valence-electron chi connectivity index (χ3n) is 5.86. The number of Topliss-reactive ketones (excluding diaryl/α,β-unsaturated/α-hetero) is 1. The van der Waals surface area contributed by atoms with Gasteiger partial charge in [-0.25, -0.2) is 0 Å². The lowest BCUT2D eigenvalue weighted by atomic mass is 9.92. The van der Waals surface area contributed by atoms with Crippen molar-refractivity contribution in [3.8, 4) is 0 Å². The van der Waals surface area contributed by atoms with Gasteiger partial charge >= 0.3 is 0 Å². The summed E-state index contributed by atoms with van der Waals surface area (Å²) in [6, 6.07) is 23.2. The average Bonchev–Trinajstić information content (AvgIpc) is 3.33. The summed E-state index contributed by atoms with van der Waals surface area (Å²) in [4.78, 5) is 28.4. The molecule has 0 bridgehead atoms. The molecule has 0 spiro atoms. The molecule has 0 aliphatic carbocycles. The van der Waals surface area contributed by atoms with Crippen molar-refractivity contribution in [2.24, 2.45) is 0 Å². The quantitative estimate of drug-likeness (QED) is 0.419. The standard InChI is InChI=1S/C27H21NO4/c1-16-8-7-11-19(14-16)28-24(20-12-5-3-9-17(20)2)23(26(30)27(28)31)25(29)22-15-18-10-4-6-13-21(18)32-22/h3-15,24,30H,1-2H3. The lowest BCUT2D eigenvalue weighted by Crippen LogP contribution is -2.31. The summed E-state index contributed by atoms with van der Waals surface area (Å²) in [6.07, 6.45) is 0. The monoisotopic (exact) mass is 423 g/mol. The number of fused-ring (bicyclic) bond motifs is 1. The van der Waals surface area contributed by atoms with E-state index in [1.165, 1.54) is 4.90 Å². The number of anilines is 1. The largest absolute Gasteiger partial charge is 0.503 e. The molecule has 5 nitrogen and oxygen atoms in total. The van der Waals surface area contributed by atoms with Crippen LogP contribution in [0.5, 0.6) is 0 Å². The van der Waals surface area contributed by atoms with Crippen molar-refractivity contribution in [3.05, 3.63) is 113 Å². The van der Waals surface area contributed by atoms with Crippen LogP contribution in [0.1, 0.15) is 33.3 Å². The number of carbonyl (C=O) groups excluding carboxylic acids is 2. The van der Waals surface area contributed by atoms with Crippen LogP contribution in [0.2, 0.25) is 0 Å². The summed E-state index contributed by atoms with van der Waals surface area (Å²) in [5.74, 6) is -1.57. The van der Waals surface area contributed by atoms with Crippen LogP contribution in [0.15, 0.2) is 94.6 Å². The van der Waals surface area contributed by atoms with Crippen LogP contribution in [-0.2, 0) is 4.79 Å². The Balaban J connectivity index is 1.69. The van der Waals surface area contributed by atoms with Crippen molar-refractivity contribution in [1.29, 1.82) is 0 Å². The Morgan fingerprint density at radius 2 is 1.69 bits per heavy atom. The van der Waals surface area contributed by atoms with Gasteiger partial charge < -0.3 is 9.52 Å². The van der Waals surface area contributed by atoms with E-state index >= 15 is 0 Å². The highest BCUT2D eigenvalue weighted by Gasteiger charge is 2.45. The first kappa shape index (κ1) is 19.8. The minimum Gasteiger partial charge on any atom is -0.503 e. The molecule has 1 atom stereocenters. The summed E-state index contributed by atoms with van der Waals surface area (Å²) in [6.45, 7) is 3.85. The highest BCUT2D eigenvalue weighted by atomic mass is 16.3. The number of amides is 1. The molecule has 32 heavy (non-hydrogen) atoms. The number of carbonyl (C=O) groups is 2. The molecular formula is C27H21NO4. The third-order valence-corrected chi connectivity index (χ3v) is 5.86. The minimum absolute atomic E-state index is 0.0184. The Morgan fingerprint density at radius 3 is 2.44 bits per heavy atom. The zero-order valence-electron chi connectivity index (χ0n) is 17.7. The van der Waals surface area contributed by atoms with Gasteiger partial charge in [0.2, 0.25) is 5.78 Å². The highest BCUT2D eigenvalue weighted by Crippen LogP contribution is 2.43. The molecule has 1 aliphatic heterocycles. The van der Waals surface area contributed by atoms with Gasteiger partial charge in [-0.15, -0.1) is 0 Å². The minimum atomic E-state index is -0.772. The van der Waals surface area contributed by atoms with Gasteiger partial charge in [-0.05, 0) is 54.8 Å². The molecule has 0 saturated heterocycles. The molecule has 1 N–H and O–H groups in total. The molecule has 1 aromatic heterocycles. The molecular weight excluding hydrogens is 402 g/mol. The number of aryl methyl sites for hydroxylation is 2. The van der Waals surface area contributed by atoms with E-state index in [4.69, 9.17) is 4.42 Å². The summed E-state index contributed by atoms with van der Waals surface area (Å²) in [5.41, 5.74) is 3.85. The van der Waals surface area contributed by atoms with Crippen LogP contribution in [0, 0.1) is 13.8 Å². The van der Waals surface area contributed by atoms with Crippen molar-refractivity contribution in [2.45, 2.75) is 19.9 Å². The van der Waals surface area contributed by atoms with Gasteiger partial charge in [-0.1, -0.05) is 54.6 Å². The van der Waals surface area contributed by atoms with Crippen molar-refractivity contribution in [2.75, 3.05) is 4.90 Å². The van der Waals surface area contributed by atoms with Gasteiger partial charge in [0.15, 0.2) is 11.5 Å². The normalized spacial score (nSPS) is 16.2. The second-order valence-corrected chi connectivity index (χ2v) is 8.01. The molecule has 1 amide bonds. The number of ketones is 1. The third kappa shape index (κ3) is 3.10. The number of furan rings is 1. The van der Waals surface area contributed by atoms with Gasteiger partial charge in [0.05, 0.1) is 11.6 Å². The SMILES string of the molecule is Cc1cccc(N2C(=O)C(O)=C(C(=O)c3cc4ccccc4o3)C2c2ccccc2C)c1. The van der Waals surface area contributed by atoms with Crippen LogP contribution in [0.25, 0.3) is 11.0 Å². The Labute approximate surface area is 185 Å². The van der Waals surface area contributed by atoms with E-state index in [-0.39, 0.29) is 11.3 Å². The van der Waals surface area contributed by atoms with Crippen molar-refractivity contribution in [1.82, 2.24) is 0 Å². The smallest absolute Gasteiger partial charge is 0.294 e. The van der Waals surface area contributed by atoms with Gasteiger partial charge in [0.25, 0.3) is 5.91 Å². The number of benzene rings is 3. The van der Waals surface area contributed by atoms with Crippen LogP contribution < -0.4 is 4.90 Å². The summed E-state index contributed by atoms with van der Waals surface area (Å²) >= 11 is 0. The second-order valence-electron chi connectivity index (χ2n) is 8.01. The van der Waals surface area contributed by atoms with E-state index in [0.29, 0.717) is 11.3 Å². The number of rotatable bonds is 4. The summed E-state index contributed by atoms with van der Waals surface area (Å²) in [5, 5.41) is 11.7. The highest BCUT2D eigenvalue weighted by molar-refractivity contribution is 6.20. The molecule has 5 heteroatoms. The molecule has 158 valence electrons. The van der Waals surface area contributed by atoms with Gasteiger partial charge in [-0.3, -0.25) is 14.5 Å². The number of para-hydroxylation sites is 1. The number of nitrogens with zero attached hydrogens (tertiary/aromatic N) is 1. The Bertz CT molecular complexity index is 1380. The lowest BCUT2D eigenvalue weighted by molar-refractivity contribution is -0.117. The molecule has 3 aromatic carbocycles. The van der Waals surface area contributed by atoms with Gasteiger partial charge in [0, 0.05) is 11.1 Å². The van der Waals surface area contributed by atoms with Crippen LogP contribution in [0.4, 0.5) is 5.69 Å². The van der Waals surface area contributed by atoms with E-state index in [0.717, 1.165) is 22.1 Å². The van der Waals surface area contributed by atoms with Crippen LogP contribution in [-0.4, -0.2) is 16.8 Å². The molecule has 0 fully saturated rings. The number of hydrogen-bond acceptors (Lipinski definition) is 4. The summed E-state index contributed by atoms with van der Waals surface area (Å²) < 4.78 is 5.78. The van der Waals surface area contributed by atoms with E-state index in [1.807, 2.05) is 74.5 Å². The fourth-order valence-corrected chi connectivity index (χ4v) is 4.30. The summed E-state index contributed by atoms with van der Waals surface area (Å²) in [7, 11) is 0. The van der Waals surface area contributed by atoms with Gasteiger partial charge in [-0.2, -0.15) is 0 Å². The Kier molecular flexibility index (Phi) is 4.67. The maximum Gasteiger partial charge on any atom is 0.294 e. The number of hydrogen-bond donors (Lipinski definition) is 1. The van der Waals surface area contributed by atoms with E-state index in [1.54, 1.807) is 18.2 Å². The fourth-order valence-electron chi connectivity index (χ4n) is 4.30. The van der Waals surface area contributed by atoms with Crippen molar-refractivity contribution < 1.29 is 19.1 Å². The first-order chi connectivity index (χ1) is 15.5. The average molecular weight is 423 g/mol. The van der Waals surface area contributed by atoms with Gasteiger partial charge in [0.1, 0.15) is 5.58 Å². The fraction of sp³-hybridized carbons (Fsp3) is 0.111. The predicted octanol–water partition coefficient (Wildman–Crippen LogP) is 5.83. The first-order valence-electron chi connectivity index (χ1n) is 10.4. The molecule has 5 rings (SSSR count). The van der Waals surface area contributed by atoms with E-state index in [9.17, 15) is 14.7 Å². The number of aliphatic hydroxyl groups is 1. The van der Waals surface area contributed by atoms with E-state index < -0.39 is 23.5 Å². The van der Waals surface area contributed by atoms with Crippen molar-refractivity contribution >= 4 is 28.3 Å². The zero-order chi connectivity index (χ0) is 22.4. The molecule has 1 aliphatic rings. The van der Waals surface area contributed by atoms with Crippen LogP contribution in [0.3, 0.4) is 0 Å². The Hall–Kier alpha value is -4.12. The molecule has 4 aromatic rings. The maximum atomic E-state index is 13.6. The number of aliphatic hydroxyl groups excluding tert-OH is 1. The predicted molar refractivity (Wildman–Crippen MR) is 123 cm³/mol. The zero-order valence-corrected chi connectivity index (χ0v) is 17.7.